The molecule has 7 nitrogen and oxygen atoms in total. The van der Waals surface area contributed by atoms with Crippen LogP contribution in [0.2, 0.25) is 0 Å². The van der Waals surface area contributed by atoms with Gasteiger partial charge < -0.3 is 9.73 Å². The summed E-state index contributed by atoms with van der Waals surface area (Å²) in [6.45, 7) is 0. The Morgan fingerprint density at radius 1 is 0.829 bits per heavy atom. The molecule has 1 heterocycles. The van der Waals surface area contributed by atoms with Crippen molar-refractivity contribution >= 4 is 38.4 Å². The standard InChI is InChI=1S/C26H18FN3O4S/c27-18-11-15-20(16-12-18)35(32,33)30-22-6-2-1-5-21(22)25(31)28-19-13-9-17(10-14-19)26-29-23-7-3-4-8-24(23)34-26/h1-16,30H,(H,28,31). The van der Waals surface area contributed by atoms with Crippen LogP contribution >= 0.6 is 0 Å². The van der Waals surface area contributed by atoms with E-state index in [2.05, 4.69) is 15.0 Å². The molecule has 0 aliphatic heterocycles. The van der Waals surface area contributed by atoms with E-state index in [9.17, 15) is 17.6 Å². The van der Waals surface area contributed by atoms with Crippen molar-refractivity contribution < 1.29 is 22.0 Å². The van der Waals surface area contributed by atoms with Crippen LogP contribution in [0.15, 0.2) is 106 Å². The third-order valence-corrected chi connectivity index (χ3v) is 6.60. The summed E-state index contributed by atoms with van der Waals surface area (Å²) < 4.78 is 46.7. The van der Waals surface area contributed by atoms with E-state index >= 15 is 0 Å². The smallest absolute Gasteiger partial charge is 0.261 e. The molecule has 2 N–H and O–H groups in total. The molecule has 5 aromatic rings. The highest BCUT2D eigenvalue weighted by Crippen LogP contribution is 2.26. The van der Waals surface area contributed by atoms with Crippen molar-refractivity contribution in [1.82, 2.24) is 4.98 Å². The fraction of sp³-hybridized carbons (Fsp3) is 0. The second-order valence-electron chi connectivity index (χ2n) is 7.62. The average molecular weight is 488 g/mol. The largest absolute Gasteiger partial charge is 0.436 e. The van der Waals surface area contributed by atoms with Crippen LogP contribution in [0.25, 0.3) is 22.6 Å². The molecule has 35 heavy (non-hydrogen) atoms. The number of halogens is 1. The van der Waals surface area contributed by atoms with Crippen LogP contribution in [0.3, 0.4) is 0 Å². The maximum absolute atomic E-state index is 13.2. The molecule has 0 fully saturated rings. The van der Waals surface area contributed by atoms with Gasteiger partial charge in [-0.15, -0.1) is 0 Å². The lowest BCUT2D eigenvalue weighted by Crippen LogP contribution is -2.18. The number of nitrogens with one attached hydrogen (secondary N) is 2. The van der Waals surface area contributed by atoms with Crippen molar-refractivity contribution in [3.05, 3.63) is 108 Å². The first-order valence-corrected chi connectivity index (χ1v) is 12.0. The van der Waals surface area contributed by atoms with E-state index in [0.717, 1.165) is 35.3 Å². The third-order valence-electron chi connectivity index (χ3n) is 5.22. The zero-order valence-corrected chi connectivity index (χ0v) is 18.9. The summed E-state index contributed by atoms with van der Waals surface area (Å²) in [6.07, 6.45) is 0. The zero-order valence-electron chi connectivity index (χ0n) is 18.1. The Bertz CT molecular complexity index is 1600. The van der Waals surface area contributed by atoms with E-state index in [1.807, 2.05) is 24.3 Å². The van der Waals surface area contributed by atoms with E-state index in [1.165, 1.54) is 12.1 Å². The molecule has 1 amide bonds. The van der Waals surface area contributed by atoms with E-state index < -0.39 is 21.7 Å². The molecule has 0 atom stereocenters. The SMILES string of the molecule is O=C(Nc1ccc(-c2nc3ccccc3o2)cc1)c1ccccc1NS(=O)(=O)c1ccc(F)cc1. The summed E-state index contributed by atoms with van der Waals surface area (Å²) in [4.78, 5) is 17.3. The highest BCUT2D eigenvalue weighted by molar-refractivity contribution is 7.92. The number of sulfonamides is 1. The quantitative estimate of drug-likeness (QED) is 0.321. The number of para-hydroxylation sites is 3. The van der Waals surface area contributed by atoms with Gasteiger partial charge in [0.1, 0.15) is 11.3 Å². The lowest BCUT2D eigenvalue weighted by molar-refractivity contribution is 0.102. The number of rotatable bonds is 6. The summed E-state index contributed by atoms with van der Waals surface area (Å²) in [5.41, 5.74) is 2.90. The molecule has 0 radical (unpaired) electrons. The predicted octanol–water partition coefficient (Wildman–Crippen LogP) is 5.69. The molecule has 1 aromatic heterocycles. The minimum Gasteiger partial charge on any atom is -0.436 e. The first-order chi connectivity index (χ1) is 16.9. The first-order valence-electron chi connectivity index (χ1n) is 10.5. The number of nitrogens with zero attached hydrogens (tertiary/aromatic N) is 1. The Morgan fingerprint density at radius 2 is 1.51 bits per heavy atom. The van der Waals surface area contributed by atoms with Gasteiger partial charge in [0.25, 0.3) is 15.9 Å². The minimum atomic E-state index is -4.02. The first kappa shape index (κ1) is 22.3. The molecule has 0 unspecified atom stereocenters. The van der Waals surface area contributed by atoms with Gasteiger partial charge in [-0.05, 0) is 72.8 Å². The van der Waals surface area contributed by atoms with Gasteiger partial charge in [-0.25, -0.2) is 17.8 Å². The second-order valence-corrected chi connectivity index (χ2v) is 9.31. The van der Waals surface area contributed by atoms with Gasteiger partial charge in [0.15, 0.2) is 5.58 Å². The van der Waals surface area contributed by atoms with Gasteiger partial charge in [-0.1, -0.05) is 24.3 Å². The predicted molar refractivity (Wildman–Crippen MR) is 131 cm³/mol. The molecule has 0 spiro atoms. The van der Waals surface area contributed by atoms with Gasteiger partial charge in [0, 0.05) is 11.3 Å². The summed E-state index contributed by atoms with van der Waals surface area (Å²) in [5.74, 6) is -0.590. The zero-order chi connectivity index (χ0) is 24.4. The van der Waals surface area contributed by atoms with Crippen LogP contribution in [-0.2, 0) is 10.0 Å². The number of oxazole rings is 1. The highest BCUT2D eigenvalue weighted by Gasteiger charge is 2.19. The fourth-order valence-electron chi connectivity index (χ4n) is 3.48. The number of carbonyl (C=O) groups is 1. The van der Waals surface area contributed by atoms with Crippen molar-refractivity contribution in [2.45, 2.75) is 4.90 Å². The molecule has 5 rings (SSSR count). The Labute approximate surface area is 200 Å². The van der Waals surface area contributed by atoms with Gasteiger partial charge in [0.05, 0.1) is 16.1 Å². The normalized spacial score (nSPS) is 11.3. The van der Waals surface area contributed by atoms with E-state index in [1.54, 1.807) is 36.4 Å². The average Bonchev–Trinajstić information content (AvgIpc) is 3.29. The summed E-state index contributed by atoms with van der Waals surface area (Å²) in [7, 11) is -4.02. The fourth-order valence-corrected chi connectivity index (χ4v) is 4.56. The van der Waals surface area contributed by atoms with Crippen LogP contribution in [0, 0.1) is 5.82 Å². The molecule has 0 aliphatic rings. The molecule has 4 aromatic carbocycles. The molecule has 0 bridgehead atoms. The van der Waals surface area contributed by atoms with Crippen molar-refractivity contribution in [2.75, 3.05) is 10.0 Å². The molecule has 0 saturated carbocycles. The number of hydrogen-bond acceptors (Lipinski definition) is 5. The molecular weight excluding hydrogens is 469 g/mol. The van der Waals surface area contributed by atoms with Crippen LogP contribution in [-0.4, -0.2) is 19.3 Å². The van der Waals surface area contributed by atoms with E-state index in [4.69, 9.17) is 4.42 Å². The molecule has 174 valence electrons. The topological polar surface area (TPSA) is 101 Å². The van der Waals surface area contributed by atoms with E-state index in [0.29, 0.717) is 17.2 Å². The lowest BCUT2D eigenvalue weighted by atomic mass is 10.1. The number of aromatic nitrogens is 1. The van der Waals surface area contributed by atoms with Crippen LogP contribution < -0.4 is 10.0 Å². The maximum atomic E-state index is 13.2. The maximum Gasteiger partial charge on any atom is 0.261 e. The van der Waals surface area contributed by atoms with Crippen molar-refractivity contribution in [3.63, 3.8) is 0 Å². The summed E-state index contributed by atoms with van der Waals surface area (Å²) >= 11 is 0. The molecule has 0 saturated heterocycles. The molecule has 0 aliphatic carbocycles. The van der Waals surface area contributed by atoms with Crippen LogP contribution in [0.1, 0.15) is 10.4 Å². The second kappa shape index (κ2) is 9.03. The Balaban J connectivity index is 1.34. The van der Waals surface area contributed by atoms with Crippen molar-refractivity contribution in [2.24, 2.45) is 0 Å². The number of anilines is 2. The monoisotopic (exact) mass is 487 g/mol. The Hall–Kier alpha value is -4.50. The summed E-state index contributed by atoms with van der Waals surface area (Å²) in [6, 6.07) is 25.0. The number of amides is 1. The van der Waals surface area contributed by atoms with Crippen LogP contribution in [0.5, 0.6) is 0 Å². The number of fused-ring (bicyclic) bond motifs is 1. The van der Waals surface area contributed by atoms with Crippen molar-refractivity contribution in [1.29, 1.82) is 0 Å². The Morgan fingerprint density at radius 3 is 2.26 bits per heavy atom. The molecular formula is C26H18FN3O4S. The van der Waals surface area contributed by atoms with Crippen molar-refractivity contribution in [3.8, 4) is 11.5 Å². The van der Waals surface area contributed by atoms with E-state index in [-0.39, 0.29) is 16.1 Å². The van der Waals surface area contributed by atoms with Gasteiger partial charge in [0.2, 0.25) is 5.89 Å². The van der Waals surface area contributed by atoms with Gasteiger partial charge >= 0.3 is 0 Å². The lowest BCUT2D eigenvalue weighted by Gasteiger charge is -2.13. The van der Waals surface area contributed by atoms with Crippen LogP contribution in [0.4, 0.5) is 15.8 Å². The Kier molecular flexibility index (Phi) is 5.76. The molecule has 9 heteroatoms. The minimum absolute atomic E-state index is 0.0948. The summed E-state index contributed by atoms with van der Waals surface area (Å²) in [5, 5.41) is 2.76. The number of benzene rings is 4. The number of hydrogen-bond donors (Lipinski definition) is 2. The van der Waals surface area contributed by atoms with Gasteiger partial charge in [-0.3, -0.25) is 9.52 Å². The third kappa shape index (κ3) is 4.75. The van der Waals surface area contributed by atoms with Gasteiger partial charge in [-0.2, -0.15) is 0 Å². The highest BCUT2D eigenvalue weighted by atomic mass is 32.2. The number of carbonyl (C=O) groups excluding carboxylic acids is 1.